The molecule has 4 heteroatoms. The van der Waals surface area contributed by atoms with E-state index in [2.05, 4.69) is 24.5 Å². The van der Waals surface area contributed by atoms with E-state index in [4.69, 9.17) is 5.11 Å². The highest BCUT2D eigenvalue weighted by Crippen LogP contribution is 2.23. The number of carbonyl (C=O) groups excluding carboxylic acids is 1. The van der Waals surface area contributed by atoms with Gasteiger partial charge in [0.05, 0.1) is 0 Å². The third kappa shape index (κ3) is 5.30. The quantitative estimate of drug-likeness (QED) is 0.739. The van der Waals surface area contributed by atoms with Gasteiger partial charge in [-0.3, -0.25) is 0 Å². The second-order valence-corrected chi connectivity index (χ2v) is 5.19. The molecular formula is C15H24N2O2. The number of para-hydroxylation sites is 1. The molecule has 106 valence electrons. The molecule has 0 bridgehead atoms. The Labute approximate surface area is 115 Å². The molecular weight excluding hydrogens is 240 g/mol. The first-order chi connectivity index (χ1) is 9.04. The SMILES string of the molecule is CC(CCO)CNC(=O)Nc1ccccc1C(C)C. The molecule has 0 saturated carbocycles. The average molecular weight is 264 g/mol. The molecule has 0 radical (unpaired) electrons. The Bertz CT molecular complexity index is 405. The van der Waals surface area contributed by atoms with Crippen molar-refractivity contribution in [2.75, 3.05) is 18.5 Å². The summed E-state index contributed by atoms with van der Waals surface area (Å²) in [5, 5.41) is 14.5. The number of nitrogens with one attached hydrogen (secondary N) is 2. The van der Waals surface area contributed by atoms with E-state index >= 15 is 0 Å². The fourth-order valence-corrected chi connectivity index (χ4v) is 1.87. The number of aliphatic hydroxyl groups excluding tert-OH is 1. The molecule has 0 heterocycles. The molecule has 0 aromatic heterocycles. The third-order valence-corrected chi connectivity index (χ3v) is 3.06. The minimum absolute atomic E-state index is 0.153. The zero-order chi connectivity index (χ0) is 14.3. The number of amides is 2. The van der Waals surface area contributed by atoms with Gasteiger partial charge in [0.1, 0.15) is 0 Å². The van der Waals surface area contributed by atoms with Crippen LogP contribution in [0, 0.1) is 5.92 Å². The smallest absolute Gasteiger partial charge is 0.319 e. The molecule has 0 aliphatic carbocycles. The molecule has 2 amide bonds. The number of urea groups is 1. The van der Waals surface area contributed by atoms with Gasteiger partial charge < -0.3 is 15.7 Å². The second kappa shape index (κ2) is 7.79. The Balaban J connectivity index is 2.53. The molecule has 0 fully saturated rings. The summed E-state index contributed by atoms with van der Waals surface area (Å²) in [6.45, 7) is 6.92. The van der Waals surface area contributed by atoms with Crippen molar-refractivity contribution in [2.45, 2.75) is 33.1 Å². The molecule has 0 aliphatic rings. The number of anilines is 1. The Morgan fingerprint density at radius 3 is 2.58 bits per heavy atom. The number of benzene rings is 1. The lowest BCUT2D eigenvalue weighted by molar-refractivity contribution is 0.243. The second-order valence-electron chi connectivity index (χ2n) is 5.19. The van der Waals surface area contributed by atoms with Crippen LogP contribution in [0.25, 0.3) is 0 Å². The predicted molar refractivity (Wildman–Crippen MR) is 78.4 cm³/mol. The monoisotopic (exact) mass is 264 g/mol. The summed E-state index contributed by atoms with van der Waals surface area (Å²) in [6, 6.07) is 7.62. The number of hydrogen-bond donors (Lipinski definition) is 3. The first-order valence-corrected chi connectivity index (χ1v) is 6.79. The van der Waals surface area contributed by atoms with Crippen molar-refractivity contribution >= 4 is 11.7 Å². The van der Waals surface area contributed by atoms with Crippen LogP contribution in [0.1, 0.15) is 38.7 Å². The third-order valence-electron chi connectivity index (χ3n) is 3.06. The lowest BCUT2D eigenvalue weighted by Crippen LogP contribution is -2.32. The molecule has 1 aromatic carbocycles. The van der Waals surface area contributed by atoms with Gasteiger partial charge in [-0.2, -0.15) is 0 Å². The van der Waals surface area contributed by atoms with Gasteiger partial charge in [-0.1, -0.05) is 39.0 Å². The van der Waals surface area contributed by atoms with E-state index in [9.17, 15) is 4.79 Å². The predicted octanol–water partition coefficient (Wildman–Crippen LogP) is 2.95. The summed E-state index contributed by atoms with van der Waals surface area (Å²) in [6.07, 6.45) is 0.697. The Hall–Kier alpha value is -1.55. The molecule has 4 nitrogen and oxygen atoms in total. The molecule has 3 N–H and O–H groups in total. The number of carbonyl (C=O) groups is 1. The fourth-order valence-electron chi connectivity index (χ4n) is 1.87. The highest BCUT2D eigenvalue weighted by Gasteiger charge is 2.09. The maximum absolute atomic E-state index is 11.8. The van der Waals surface area contributed by atoms with Crippen molar-refractivity contribution in [2.24, 2.45) is 5.92 Å². The van der Waals surface area contributed by atoms with Crippen LogP contribution in [0.3, 0.4) is 0 Å². The van der Waals surface area contributed by atoms with E-state index in [1.165, 1.54) is 0 Å². The van der Waals surface area contributed by atoms with Crippen LogP contribution in [-0.2, 0) is 0 Å². The van der Waals surface area contributed by atoms with Gasteiger partial charge >= 0.3 is 6.03 Å². The summed E-state index contributed by atoms with van der Waals surface area (Å²) in [7, 11) is 0. The Morgan fingerprint density at radius 1 is 1.26 bits per heavy atom. The minimum atomic E-state index is -0.196. The van der Waals surface area contributed by atoms with Crippen LogP contribution in [0.5, 0.6) is 0 Å². The molecule has 0 aliphatic heterocycles. The lowest BCUT2D eigenvalue weighted by Gasteiger charge is -2.15. The van der Waals surface area contributed by atoms with Crippen LogP contribution in [0.4, 0.5) is 10.5 Å². The van der Waals surface area contributed by atoms with Crippen LogP contribution < -0.4 is 10.6 Å². The van der Waals surface area contributed by atoms with Crippen LogP contribution >= 0.6 is 0 Å². The zero-order valence-electron chi connectivity index (χ0n) is 11.9. The average Bonchev–Trinajstić information content (AvgIpc) is 2.37. The summed E-state index contributed by atoms with van der Waals surface area (Å²) >= 11 is 0. The lowest BCUT2D eigenvalue weighted by atomic mass is 10.0. The van der Waals surface area contributed by atoms with Crippen molar-refractivity contribution in [1.82, 2.24) is 5.32 Å². The number of rotatable bonds is 6. The van der Waals surface area contributed by atoms with Crippen molar-refractivity contribution < 1.29 is 9.90 Å². The largest absolute Gasteiger partial charge is 0.396 e. The summed E-state index contributed by atoms with van der Waals surface area (Å²) in [5.74, 6) is 0.640. The van der Waals surface area contributed by atoms with E-state index in [0.717, 1.165) is 11.3 Å². The van der Waals surface area contributed by atoms with Gasteiger partial charge in [0, 0.05) is 18.8 Å². The van der Waals surface area contributed by atoms with Gasteiger partial charge in [0.25, 0.3) is 0 Å². The van der Waals surface area contributed by atoms with Gasteiger partial charge in [-0.05, 0) is 29.9 Å². The van der Waals surface area contributed by atoms with Crippen LogP contribution in [-0.4, -0.2) is 24.3 Å². The first-order valence-electron chi connectivity index (χ1n) is 6.79. The van der Waals surface area contributed by atoms with E-state index in [0.29, 0.717) is 18.9 Å². The van der Waals surface area contributed by atoms with Crippen molar-refractivity contribution in [3.63, 3.8) is 0 Å². The van der Waals surface area contributed by atoms with E-state index in [-0.39, 0.29) is 18.6 Å². The number of hydrogen-bond acceptors (Lipinski definition) is 2. The Morgan fingerprint density at radius 2 is 1.95 bits per heavy atom. The summed E-state index contributed by atoms with van der Waals surface area (Å²) in [4.78, 5) is 11.8. The van der Waals surface area contributed by atoms with Gasteiger partial charge in [0.2, 0.25) is 0 Å². The van der Waals surface area contributed by atoms with E-state index < -0.39 is 0 Å². The minimum Gasteiger partial charge on any atom is -0.396 e. The normalized spacial score (nSPS) is 12.3. The van der Waals surface area contributed by atoms with Crippen molar-refractivity contribution in [3.8, 4) is 0 Å². The van der Waals surface area contributed by atoms with E-state index in [1.54, 1.807) is 0 Å². The molecule has 0 spiro atoms. The number of aliphatic hydroxyl groups is 1. The topological polar surface area (TPSA) is 61.4 Å². The summed E-state index contributed by atoms with van der Waals surface area (Å²) < 4.78 is 0. The van der Waals surface area contributed by atoms with Crippen LogP contribution in [0.2, 0.25) is 0 Å². The zero-order valence-corrected chi connectivity index (χ0v) is 11.9. The molecule has 1 rings (SSSR count). The van der Waals surface area contributed by atoms with E-state index in [1.807, 2.05) is 31.2 Å². The molecule has 1 atom stereocenters. The molecule has 0 saturated heterocycles. The fraction of sp³-hybridized carbons (Fsp3) is 0.533. The highest BCUT2D eigenvalue weighted by molar-refractivity contribution is 5.90. The van der Waals surface area contributed by atoms with Gasteiger partial charge in [-0.25, -0.2) is 4.79 Å². The van der Waals surface area contributed by atoms with Gasteiger partial charge in [0.15, 0.2) is 0 Å². The maximum atomic E-state index is 11.8. The first kappa shape index (κ1) is 15.5. The van der Waals surface area contributed by atoms with Crippen molar-refractivity contribution in [1.29, 1.82) is 0 Å². The molecule has 1 unspecified atom stereocenters. The standard InChI is InChI=1S/C15H24N2O2/c1-11(2)13-6-4-5-7-14(13)17-15(19)16-10-12(3)8-9-18/h4-7,11-12,18H,8-10H2,1-3H3,(H2,16,17,19). The van der Waals surface area contributed by atoms with Gasteiger partial charge in [-0.15, -0.1) is 0 Å². The maximum Gasteiger partial charge on any atom is 0.319 e. The highest BCUT2D eigenvalue weighted by atomic mass is 16.3. The van der Waals surface area contributed by atoms with Crippen LogP contribution in [0.15, 0.2) is 24.3 Å². The van der Waals surface area contributed by atoms with Crippen molar-refractivity contribution in [3.05, 3.63) is 29.8 Å². The summed E-state index contributed by atoms with van der Waals surface area (Å²) in [5.41, 5.74) is 1.98. The Kier molecular flexibility index (Phi) is 6.36. The molecule has 1 aromatic rings. The molecule has 19 heavy (non-hydrogen) atoms.